The number of halogens is 1. The predicted molar refractivity (Wildman–Crippen MR) is 124 cm³/mol. The largest absolute Gasteiger partial charge is 0.493 e. The molecule has 31 heavy (non-hydrogen) atoms. The Kier molecular flexibility index (Phi) is 8.07. The monoisotopic (exact) mass is 436 g/mol. The van der Waals surface area contributed by atoms with Crippen molar-refractivity contribution >= 4 is 23.7 Å². The highest BCUT2D eigenvalue weighted by Crippen LogP contribution is 2.20. The molecule has 3 aromatic carbocycles. The van der Waals surface area contributed by atoms with Gasteiger partial charge in [0.15, 0.2) is 0 Å². The first-order valence-corrected chi connectivity index (χ1v) is 10.4. The number of carbonyl (C=O) groups is 1. The molecule has 160 valence electrons. The van der Waals surface area contributed by atoms with Crippen molar-refractivity contribution in [2.45, 2.75) is 20.3 Å². The lowest BCUT2D eigenvalue weighted by Gasteiger charge is -2.11. The number of hydrazone groups is 1. The van der Waals surface area contributed by atoms with E-state index >= 15 is 0 Å². The number of rotatable bonds is 9. The molecule has 6 heteroatoms. The molecule has 0 fully saturated rings. The second-order valence-corrected chi connectivity index (χ2v) is 7.50. The molecule has 0 radical (unpaired) electrons. The van der Waals surface area contributed by atoms with Gasteiger partial charge in [0.2, 0.25) is 0 Å². The normalized spacial score (nSPS) is 10.8. The first-order chi connectivity index (χ1) is 15.0. The third-order valence-corrected chi connectivity index (χ3v) is 4.76. The fourth-order valence-corrected chi connectivity index (χ4v) is 3.05. The number of hydrogen-bond acceptors (Lipinski definition) is 4. The van der Waals surface area contributed by atoms with E-state index in [-0.39, 0.29) is 5.91 Å². The summed E-state index contributed by atoms with van der Waals surface area (Å²) in [6, 6.07) is 20.4. The fraction of sp³-hybridized carbons (Fsp3) is 0.200. The van der Waals surface area contributed by atoms with E-state index in [9.17, 15) is 4.79 Å². The van der Waals surface area contributed by atoms with Gasteiger partial charge in [-0.15, -0.1) is 0 Å². The number of para-hydroxylation sites is 1. The topological polar surface area (TPSA) is 59.9 Å². The zero-order chi connectivity index (χ0) is 22.1. The van der Waals surface area contributed by atoms with Crippen LogP contribution >= 0.6 is 11.6 Å². The van der Waals surface area contributed by atoms with Gasteiger partial charge in [0.25, 0.3) is 5.91 Å². The van der Waals surface area contributed by atoms with Crippen LogP contribution in [0.15, 0.2) is 71.8 Å². The number of benzene rings is 3. The maximum atomic E-state index is 12.1. The van der Waals surface area contributed by atoms with Crippen molar-refractivity contribution in [1.29, 1.82) is 0 Å². The van der Waals surface area contributed by atoms with Crippen molar-refractivity contribution in [3.8, 4) is 11.5 Å². The molecule has 5 nitrogen and oxygen atoms in total. The molecule has 1 N–H and O–H groups in total. The van der Waals surface area contributed by atoms with Crippen molar-refractivity contribution in [3.63, 3.8) is 0 Å². The summed E-state index contributed by atoms with van der Waals surface area (Å²) in [4.78, 5) is 12.1. The van der Waals surface area contributed by atoms with E-state index in [1.807, 2.05) is 44.2 Å². The van der Waals surface area contributed by atoms with Crippen LogP contribution in [-0.4, -0.2) is 25.3 Å². The number of aryl methyl sites for hydroxylation is 2. The summed E-state index contributed by atoms with van der Waals surface area (Å²) < 4.78 is 11.7. The highest BCUT2D eigenvalue weighted by Gasteiger charge is 2.05. The molecule has 0 aliphatic carbocycles. The molecule has 0 aliphatic heterocycles. The maximum absolute atomic E-state index is 12.1. The van der Waals surface area contributed by atoms with Gasteiger partial charge < -0.3 is 9.47 Å². The second kappa shape index (κ2) is 11.2. The van der Waals surface area contributed by atoms with Gasteiger partial charge in [-0.3, -0.25) is 4.79 Å². The Balaban J connectivity index is 1.49. The molecule has 1 amide bonds. The highest BCUT2D eigenvalue weighted by molar-refractivity contribution is 6.30. The Labute approximate surface area is 187 Å². The predicted octanol–water partition coefficient (Wildman–Crippen LogP) is 5.57. The summed E-state index contributed by atoms with van der Waals surface area (Å²) in [5.41, 5.74) is 6.01. The van der Waals surface area contributed by atoms with E-state index < -0.39 is 0 Å². The molecule has 0 aromatic heterocycles. The highest BCUT2D eigenvalue weighted by atomic mass is 35.5. The van der Waals surface area contributed by atoms with Crippen LogP contribution in [0.3, 0.4) is 0 Å². The third kappa shape index (κ3) is 6.86. The van der Waals surface area contributed by atoms with Crippen LogP contribution in [-0.2, 0) is 0 Å². The first-order valence-electron chi connectivity index (χ1n) is 10.0. The number of carbonyl (C=O) groups excluding carboxylic acids is 1. The minimum Gasteiger partial charge on any atom is -0.493 e. The van der Waals surface area contributed by atoms with Crippen LogP contribution in [0.4, 0.5) is 0 Å². The Bertz CT molecular complexity index is 1070. The van der Waals surface area contributed by atoms with Crippen LogP contribution in [0.25, 0.3) is 0 Å². The van der Waals surface area contributed by atoms with Gasteiger partial charge >= 0.3 is 0 Å². The van der Waals surface area contributed by atoms with Gasteiger partial charge in [-0.2, -0.15) is 5.10 Å². The molecule has 0 aliphatic rings. The minimum atomic E-state index is -0.333. The van der Waals surface area contributed by atoms with Crippen molar-refractivity contribution < 1.29 is 14.3 Å². The lowest BCUT2D eigenvalue weighted by Crippen LogP contribution is -2.17. The molecule has 0 spiro atoms. The average Bonchev–Trinajstić information content (AvgIpc) is 2.76. The van der Waals surface area contributed by atoms with Crippen LogP contribution in [0.1, 0.15) is 33.5 Å². The third-order valence-electron chi connectivity index (χ3n) is 4.52. The van der Waals surface area contributed by atoms with Crippen LogP contribution in [0, 0.1) is 13.8 Å². The molecule has 3 rings (SSSR count). The van der Waals surface area contributed by atoms with Crippen molar-refractivity contribution in [3.05, 3.63) is 94.0 Å². The van der Waals surface area contributed by atoms with E-state index in [1.165, 1.54) is 5.56 Å². The standard InChI is InChI=1S/C25H25ClN2O3/c1-18-11-12-19(2)24(15-18)31-14-6-13-30-23-10-4-3-7-21(23)17-27-28-25(29)20-8-5-9-22(26)16-20/h3-5,7-12,15-17H,6,13-14H2,1-2H3,(H,28,29)/b27-17+. The van der Waals surface area contributed by atoms with Gasteiger partial charge in [-0.1, -0.05) is 41.9 Å². The maximum Gasteiger partial charge on any atom is 0.271 e. The average molecular weight is 437 g/mol. The SMILES string of the molecule is Cc1ccc(C)c(OCCCOc2ccccc2/C=N/NC(=O)c2cccc(Cl)c2)c1. The molecule has 0 saturated carbocycles. The summed E-state index contributed by atoms with van der Waals surface area (Å²) >= 11 is 5.92. The quantitative estimate of drug-likeness (QED) is 0.271. The smallest absolute Gasteiger partial charge is 0.271 e. The Morgan fingerprint density at radius 3 is 2.55 bits per heavy atom. The molecular formula is C25H25ClN2O3. The number of ether oxygens (including phenoxy) is 2. The molecule has 3 aromatic rings. The van der Waals surface area contributed by atoms with Crippen LogP contribution < -0.4 is 14.9 Å². The van der Waals surface area contributed by atoms with Gasteiger partial charge in [-0.05, 0) is 61.4 Å². The molecule has 0 saturated heterocycles. The van der Waals surface area contributed by atoms with E-state index in [1.54, 1.807) is 30.5 Å². The van der Waals surface area contributed by atoms with Crippen molar-refractivity contribution in [2.75, 3.05) is 13.2 Å². The Hall–Kier alpha value is -3.31. The number of nitrogens with one attached hydrogen (secondary N) is 1. The Morgan fingerprint density at radius 2 is 1.74 bits per heavy atom. The second-order valence-electron chi connectivity index (χ2n) is 7.07. The van der Waals surface area contributed by atoms with Gasteiger partial charge in [0, 0.05) is 22.6 Å². The van der Waals surface area contributed by atoms with E-state index in [0.29, 0.717) is 29.5 Å². The zero-order valence-electron chi connectivity index (χ0n) is 17.6. The number of amides is 1. The molecule has 0 unspecified atom stereocenters. The Morgan fingerprint density at radius 1 is 0.968 bits per heavy atom. The van der Waals surface area contributed by atoms with E-state index in [0.717, 1.165) is 23.3 Å². The van der Waals surface area contributed by atoms with Gasteiger partial charge in [0.05, 0.1) is 19.4 Å². The minimum absolute atomic E-state index is 0.333. The van der Waals surface area contributed by atoms with Crippen molar-refractivity contribution in [1.82, 2.24) is 5.43 Å². The summed E-state index contributed by atoms with van der Waals surface area (Å²) in [5, 5.41) is 4.54. The van der Waals surface area contributed by atoms with E-state index in [4.69, 9.17) is 21.1 Å². The summed E-state index contributed by atoms with van der Waals surface area (Å²) in [7, 11) is 0. The van der Waals surface area contributed by atoms with Gasteiger partial charge in [0.1, 0.15) is 11.5 Å². The molecule has 0 heterocycles. The zero-order valence-corrected chi connectivity index (χ0v) is 18.4. The van der Waals surface area contributed by atoms with Crippen molar-refractivity contribution in [2.24, 2.45) is 5.10 Å². The fourth-order valence-electron chi connectivity index (χ4n) is 2.86. The van der Waals surface area contributed by atoms with Crippen LogP contribution in [0.5, 0.6) is 11.5 Å². The summed E-state index contributed by atoms with van der Waals surface area (Å²) in [6.07, 6.45) is 2.30. The van der Waals surface area contributed by atoms with Gasteiger partial charge in [-0.25, -0.2) is 5.43 Å². The summed E-state index contributed by atoms with van der Waals surface area (Å²) in [5.74, 6) is 1.26. The van der Waals surface area contributed by atoms with E-state index in [2.05, 4.69) is 22.7 Å². The summed E-state index contributed by atoms with van der Waals surface area (Å²) in [6.45, 7) is 5.15. The molecule has 0 atom stereocenters. The first kappa shape index (κ1) is 22.4. The number of nitrogens with zero attached hydrogens (tertiary/aromatic N) is 1. The molecule has 0 bridgehead atoms. The lowest BCUT2D eigenvalue weighted by molar-refractivity contribution is 0.0955. The number of hydrogen-bond donors (Lipinski definition) is 1. The molecular weight excluding hydrogens is 412 g/mol. The lowest BCUT2D eigenvalue weighted by atomic mass is 10.1. The van der Waals surface area contributed by atoms with Crippen LogP contribution in [0.2, 0.25) is 5.02 Å².